The van der Waals surface area contributed by atoms with Crippen LogP contribution in [0.2, 0.25) is 5.02 Å². The number of ether oxygens (including phenoxy) is 3. The molecule has 150 valence electrons. The van der Waals surface area contributed by atoms with Crippen LogP contribution in [-0.4, -0.2) is 43.3 Å². The fourth-order valence-electron chi connectivity index (χ4n) is 3.35. The molecule has 0 radical (unpaired) electrons. The zero-order valence-electron chi connectivity index (χ0n) is 15.9. The summed E-state index contributed by atoms with van der Waals surface area (Å²) in [6.45, 7) is 1.72. The van der Waals surface area contributed by atoms with E-state index in [1.165, 1.54) is 14.2 Å². The number of nitrogens with one attached hydrogen (secondary N) is 1. The first-order valence-corrected chi connectivity index (χ1v) is 9.14. The van der Waals surface area contributed by atoms with Gasteiger partial charge in [0.1, 0.15) is 17.9 Å². The molecule has 2 aromatic rings. The van der Waals surface area contributed by atoms with E-state index in [-0.39, 0.29) is 5.96 Å². The molecule has 3 rings (SSSR count). The summed E-state index contributed by atoms with van der Waals surface area (Å²) in [6, 6.07) is 13.7. The minimum atomic E-state index is -1.19. The van der Waals surface area contributed by atoms with Gasteiger partial charge < -0.3 is 30.4 Å². The van der Waals surface area contributed by atoms with Gasteiger partial charge >= 0.3 is 0 Å². The van der Waals surface area contributed by atoms with E-state index in [2.05, 4.69) is 10.3 Å². The third kappa shape index (κ3) is 3.93. The fraction of sp³-hybridized carbons (Fsp3) is 0.350. The van der Waals surface area contributed by atoms with Gasteiger partial charge in [0.15, 0.2) is 17.9 Å². The van der Waals surface area contributed by atoms with Crippen molar-refractivity contribution in [3.05, 3.63) is 59.1 Å². The molecule has 2 aromatic carbocycles. The number of aliphatic hydroxyl groups excluding tert-OH is 1. The maximum absolute atomic E-state index is 11.1. The van der Waals surface area contributed by atoms with Crippen LogP contribution >= 0.6 is 11.6 Å². The molecule has 0 bridgehead atoms. The standard InChI is InChI=1S/C20H24ClN3O4/c1-20(18(26-2)27-3)17(25)16(14-6-4-5-7-15(14)28-20)24-19(22)23-13-10-8-12(21)9-11-13/h4-11,16-18,25H,1-3H3,(H3,22,23,24). The molecule has 1 aliphatic rings. The van der Waals surface area contributed by atoms with Crippen LogP contribution in [0.3, 0.4) is 0 Å². The largest absolute Gasteiger partial charge is 0.479 e. The van der Waals surface area contributed by atoms with E-state index in [9.17, 15) is 5.11 Å². The molecule has 0 fully saturated rings. The van der Waals surface area contributed by atoms with E-state index in [4.69, 9.17) is 31.5 Å². The number of hydrogen-bond acceptors (Lipinski definition) is 5. The van der Waals surface area contributed by atoms with E-state index in [1.54, 1.807) is 31.2 Å². The van der Waals surface area contributed by atoms with E-state index >= 15 is 0 Å². The second kappa shape index (κ2) is 8.36. The third-order valence-electron chi connectivity index (χ3n) is 4.74. The Kier molecular flexibility index (Phi) is 6.10. The highest BCUT2D eigenvalue weighted by Crippen LogP contribution is 2.43. The second-order valence-electron chi connectivity index (χ2n) is 6.66. The van der Waals surface area contributed by atoms with Crippen LogP contribution in [0.4, 0.5) is 5.69 Å². The second-order valence-corrected chi connectivity index (χ2v) is 7.10. The lowest BCUT2D eigenvalue weighted by Crippen LogP contribution is -2.59. The molecule has 0 aliphatic carbocycles. The Bertz CT molecular complexity index is 842. The van der Waals surface area contributed by atoms with E-state index in [1.807, 2.05) is 24.3 Å². The molecule has 0 aromatic heterocycles. The quantitative estimate of drug-likeness (QED) is 0.402. The Morgan fingerprint density at radius 3 is 2.50 bits per heavy atom. The van der Waals surface area contributed by atoms with Gasteiger partial charge in [-0.25, -0.2) is 4.99 Å². The smallest absolute Gasteiger partial charge is 0.199 e. The van der Waals surface area contributed by atoms with Gasteiger partial charge in [0.25, 0.3) is 0 Å². The number of nitrogens with two attached hydrogens (primary N) is 1. The van der Waals surface area contributed by atoms with Gasteiger partial charge in [-0.05, 0) is 37.3 Å². The average Bonchev–Trinajstić information content (AvgIpc) is 2.68. The molecular weight excluding hydrogens is 382 g/mol. The number of anilines is 1. The van der Waals surface area contributed by atoms with Crippen LogP contribution in [0.1, 0.15) is 18.5 Å². The van der Waals surface area contributed by atoms with E-state index in [0.29, 0.717) is 10.8 Å². The summed E-state index contributed by atoms with van der Waals surface area (Å²) in [5.41, 5.74) is 6.38. The maximum Gasteiger partial charge on any atom is 0.199 e. The van der Waals surface area contributed by atoms with Crippen LogP contribution in [0.15, 0.2) is 53.5 Å². The van der Waals surface area contributed by atoms with Crippen LogP contribution in [-0.2, 0) is 9.47 Å². The molecule has 3 unspecified atom stereocenters. The molecule has 7 nitrogen and oxygen atoms in total. The van der Waals surface area contributed by atoms with Gasteiger partial charge in [0.05, 0.1) is 0 Å². The molecule has 0 saturated carbocycles. The molecule has 28 heavy (non-hydrogen) atoms. The summed E-state index contributed by atoms with van der Waals surface area (Å²) >= 11 is 5.91. The Morgan fingerprint density at radius 1 is 1.21 bits per heavy atom. The van der Waals surface area contributed by atoms with Crippen LogP contribution < -0.4 is 15.8 Å². The van der Waals surface area contributed by atoms with Crippen molar-refractivity contribution in [1.29, 1.82) is 0 Å². The number of guanidine groups is 1. The SMILES string of the molecule is COC(OC)C1(C)Oc2ccccc2C(N=C(N)Nc2ccc(Cl)cc2)C1O. The fourth-order valence-corrected chi connectivity index (χ4v) is 3.48. The predicted molar refractivity (Wildman–Crippen MR) is 109 cm³/mol. The number of nitrogens with zero attached hydrogens (tertiary/aromatic N) is 1. The molecule has 1 aliphatic heterocycles. The summed E-state index contributed by atoms with van der Waals surface area (Å²) in [7, 11) is 2.98. The number of fused-ring (bicyclic) bond motifs is 1. The predicted octanol–water partition coefficient (Wildman–Crippen LogP) is 2.94. The van der Waals surface area contributed by atoms with Crippen molar-refractivity contribution in [2.45, 2.75) is 31.0 Å². The Balaban J connectivity index is 1.96. The van der Waals surface area contributed by atoms with Crippen molar-refractivity contribution < 1.29 is 19.3 Å². The molecule has 1 heterocycles. The number of aliphatic hydroxyl groups is 1. The zero-order chi connectivity index (χ0) is 20.3. The van der Waals surface area contributed by atoms with Crippen LogP contribution in [0, 0.1) is 0 Å². The minimum absolute atomic E-state index is 0.150. The normalized spacial score (nSPS) is 24.6. The van der Waals surface area contributed by atoms with Gasteiger partial charge in [-0.2, -0.15) is 0 Å². The summed E-state index contributed by atoms with van der Waals surface area (Å²) in [5.74, 6) is 0.735. The van der Waals surface area contributed by atoms with E-state index in [0.717, 1.165) is 11.3 Å². The molecule has 0 amide bonds. The highest BCUT2D eigenvalue weighted by atomic mass is 35.5. The number of methoxy groups -OCH3 is 2. The lowest BCUT2D eigenvalue weighted by atomic mass is 9.85. The van der Waals surface area contributed by atoms with Crippen molar-refractivity contribution >= 4 is 23.2 Å². The lowest BCUT2D eigenvalue weighted by Gasteiger charge is -2.45. The maximum atomic E-state index is 11.1. The van der Waals surface area contributed by atoms with Crippen molar-refractivity contribution in [2.24, 2.45) is 10.7 Å². The Morgan fingerprint density at radius 2 is 1.86 bits per heavy atom. The van der Waals surface area contributed by atoms with Crippen molar-refractivity contribution in [3.8, 4) is 5.75 Å². The highest BCUT2D eigenvalue weighted by molar-refractivity contribution is 6.30. The number of benzene rings is 2. The number of rotatable bonds is 5. The highest BCUT2D eigenvalue weighted by Gasteiger charge is 2.52. The summed E-state index contributed by atoms with van der Waals surface area (Å²) in [5, 5.41) is 14.8. The van der Waals surface area contributed by atoms with E-state index < -0.39 is 24.0 Å². The topological polar surface area (TPSA) is 98.3 Å². The summed E-state index contributed by atoms with van der Waals surface area (Å²) < 4.78 is 16.8. The monoisotopic (exact) mass is 405 g/mol. The molecular formula is C20H24ClN3O4. The average molecular weight is 406 g/mol. The van der Waals surface area contributed by atoms with Gasteiger partial charge in [-0.15, -0.1) is 0 Å². The number of para-hydroxylation sites is 1. The lowest BCUT2D eigenvalue weighted by molar-refractivity contribution is -0.237. The third-order valence-corrected chi connectivity index (χ3v) is 5.00. The van der Waals surface area contributed by atoms with Crippen LogP contribution in [0.25, 0.3) is 0 Å². The van der Waals surface area contributed by atoms with Crippen LogP contribution in [0.5, 0.6) is 5.75 Å². The van der Waals surface area contributed by atoms with Crippen molar-refractivity contribution in [3.63, 3.8) is 0 Å². The first-order valence-electron chi connectivity index (χ1n) is 8.76. The Hall–Kier alpha value is -2.32. The molecule has 0 spiro atoms. The first-order chi connectivity index (χ1) is 13.4. The molecule has 8 heteroatoms. The number of halogens is 1. The molecule has 4 N–H and O–H groups in total. The van der Waals surface area contributed by atoms with Crippen molar-refractivity contribution in [2.75, 3.05) is 19.5 Å². The Labute approximate surface area is 169 Å². The van der Waals surface area contributed by atoms with Gasteiger partial charge in [0.2, 0.25) is 0 Å². The summed E-state index contributed by atoms with van der Waals surface area (Å²) in [4.78, 5) is 4.53. The number of aliphatic imine (C=N–C) groups is 1. The molecule has 0 saturated heterocycles. The number of hydrogen-bond donors (Lipinski definition) is 3. The zero-order valence-corrected chi connectivity index (χ0v) is 16.7. The molecule has 3 atom stereocenters. The van der Waals surface area contributed by atoms with Gasteiger partial charge in [-0.1, -0.05) is 29.8 Å². The van der Waals surface area contributed by atoms with Gasteiger partial charge in [0, 0.05) is 30.5 Å². The minimum Gasteiger partial charge on any atom is -0.479 e. The van der Waals surface area contributed by atoms with Crippen molar-refractivity contribution in [1.82, 2.24) is 0 Å². The first kappa shape index (κ1) is 20.4. The van der Waals surface area contributed by atoms with Gasteiger partial charge in [-0.3, -0.25) is 0 Å². The summed E-state index contributed by atoms with van der Waals surface area (Å²) in [6.07, 6.45) is -1.88.